The Kier molecular flexibility index (Phi) is 3.20. The van der Waals surface area contributed by atoms with Gasteiger partial charge in [-0.25, -0.2) is 4.98 Å². The van der Waals surface area contributed by atoms with Crippen LogP contribution in [0.5, 0.6) is 0 Å². The molecule has 0 spiro atoms. The van der Waals surface area contributed by atoms with Crippen LogP contribution in [-0.4, -0.2) is 15.4 Å². The minimum absolute atomic E-state index is 0.421. The minimum atomic E-state index is 0.421. The predicted octanol–water partition coefficient (Wildman–Crippen LogP) is 3.71. The van der Waals surface area contributed by atoms with Crippen LogP contribution in [0.25, 0.3) is 11.0 Å². The zero-order chi connectivity index (χ0) is 11.7. The van der Waals surface area contributed by atoms with Gasteiger partial charge in [-0.05, 0) is 32.4 Å². The van der Waals surface area contributed by atoms with E-state index in [9.17, 15) is 0 Å². The number of alkyl halides is 1. The van der Waals surface area contributed by atoms with Crippen molar-refractivity contribution in [1.29, 1.82) is 0 Å². The van der Waals surface area contributed by atoms with Gasteiger partial charge in [-0.15, -0.1) is 11.6 Å². The maximum atomic E-state index is 5.83. The second kappa shape index (κ2) is 4.46. The second-order valence-corrected chi connectivity index (χ2v) is 4.75. The van der Waals surface area contributed by atoms with Crippen LogP contribution < -0.4 is 0 Å². The van der Waals surface area contributed by atoms with E-state index in [1.807, 2.05) is 0 Å². The monoisotopic (exact) mass is 236 g/mol. The molecular weight excluding hydrogens is 220 g/mol. The Hall–Kier alpha value is -1.02. The van der Waals surface area contributed by atoms with E-state index in [0.717, 1.165) is 17.8 Å². The fraction of sp³-hybridized carbons (Fsp3) is 0.462. The van der Waals surface area contributed by atoms with E-state index in [1.165, 1.54) is 11.1 Å². The van der Waals surface area contributed by atoms with Crippen LogP contribution in [0.15, 0.2) is 18.2 Å². The highest BCUT2D eigenvalue weighted by Crippen LogP contribution is 2.23. The number of aryl methyl sites for hydroxylation is 2. The number of fused-ring (bicyclic) bond motifs is 1. The third-order valence-electron chi connectivity index (χ3n) is 2.83. The van der Waals surface area contributed by atoms with Crippen LogP contribution in [0.1, 0.15) is 31.3 Å². The number of hydrogen-bond acceptors (Lipinski definition) is 1. The average Bonchev–Trinajstić information content (AvgIpc) is 2.58. The molecule has 16 heavy (non-hydrogen) atoms. The summed E-state index contributed by atoms with van der Waals surface area (Å²) in [5.41, 5.74) is 3.55. The molecule has 1 aromatic heterocycles. The number of nitrogens with zero attached hydrogens (tertiary/aromatic N) is 2. The summed E-state index contributed by atoms with van der Waals surface area (Å²) in [5.74, 6) is 1.71. The number of imidazole rings is 1. The van der Waals surface area contributed by atoms with Crippen molar-refractivity contribution in [3.63, 3.8) is 0 Å². The Labute approximate surface area is 101 Å². The molecule has 0 bridgehead atoms. The number of benzene rings is 1. The standard InChI is InChI=1S/C13H17ClN2/c1-9(2)16-11-6-4-5-10(3)13(11)15-12(16)7-8-14/h4-6,9H,7-8H2,1-3H3. The van der Waals surface area contributed by atoms with Gasteiger partial charge in [0.25, 0.3) is 0 Å². The minimum Gasteiger partial charge on any atom is -0.325 e. The highest BCUT2D eigenvalue weighted by molar-refractivity contribution is 6.17. The normalized spacial score (nSPS) is 11.6. The summed E-state index contributed by atoms with van der Waals surface area (Å²) in [6, 6.07) is 6.74. The Morgan fingerprint density at radius 2 is 2.12 bits per heavy atom. The Morgan fingerprint density at radius 1 is 1.38 bits per heavy atom. The van der Waals surface area contributed by atoms with Crippen LogP contribution in [0, 0.1) is 6.92 Å². The molecule has 0 amide bonds. The SMILES string of the molecule is Cc1cccc2c1nc(CCCl)n2C(C)C. The van der Waals surface area contributed by atoms with Gasteiger partial charge < -0.3 is 4.57 Å². The molecule has 1 heterocycles. The topological polar surface area (TPSA) is 17.8 Å². The van der Waals surface area contributed by atoms with Crippen molar-refractivity contribution in [3.05, 3.63) is 29.6 Å². The van der Waals surface area contributed by atoms with Crippen molar-refractivity contribution in [2.75, 3.05) is 5.88 Å². The van der Waals surface area contributed by atoms with Gasteiger partial charge in [-0.1, -0.05) is 12.1 Å². The first-order valence-electron chi connectivity index (χ1n) is 5.67. The molecular formula is C13H17ClN2. The fourth-order valence-electron chi connectivity index (χ4n) is 2.14. The molecule has 0 aliphatic carbocycles. The molecule has 0 saturated carbocycles. The van der Waals surface area contributed by atoms with Gasteiger partial charge in [-0.2, -0.15) is 0 Å². The lowest BCUT2D eigenvalue weighted by molar-refractivity contribution is 0.589. The molecule has 2 nitrogen and oxygen atoms in total. The molecule has 0 N–H and O–H groups in total. The van der Waals surface area contributed by atoms with Gasteiger partial charge in [0, 0.05) is 18.3 Å². The summed E-state index contributed by atoms with van der Waals surface area (Å²) in [4.78, 5) is 4.70. The molecule has 1 aromatic carbocycles. The molecule has 0 saturated heterocycles. The van der Waals surface area contributed by atoms with Crippen molar-refractivity contribution in [2.24, 2.45) is 0 Å². The molecule has 0 radical (unpaired) electrons. The van der Waals surface area contributed by atoms with Gasteiger partial charge in [0.15, 0.2) is 0 Å². The molecule has 3 heteroatoms. The molecule has 2 rings (SSSR count). The van der Waals surface area contributed by atoms with Gasteiger partial charge in [0.05, 0.1) is 11.0 Å². The van der Waals surface area contributed by atoms with Crippen molar-refractivity contribution in [1.82, 2.24) is 9.55 Å². The molecule has 0 aliphatic rings. The van der Waals surface area contributed by atoms with Gasteiger partial charge in [0.2, 0.25) is 0 Å². The summed E-state index contributed by atoms with van der Waals surface area (Å²) < 4.78 is 2.28. The lowest BCUT2D eigenvalue weighted by Crippen LogP contribution is -2.06. The molecule has 0 unspecified atom stereocenters. The van der Waals surface area contributed by atoms with Crippen molar-refractivity contribution >= 4 is 22.6 Å². The highest BCUT2D eigenvalue weighted by atomic mass is 35.5. The van der Waals surface area contributed by atoms with E-state index >= 15 is 0 Å². The molecule has 0 aliphatic heterocycles. The average molecular weight is 237 g/mol. The third-order valence-corrected chi connectivity index (χ3v) is 3.02. The molecule has 86 valence electrons. The van der Waals surface area contributed by atoms with Crippen molar-refractivity contribution in [2.45, 2.75) is 33.2 Å². The van der Waals surface area contributed by atoms with Crippen LogP contribution in [0.3, 0.4) is 0 Å². The third kappa shape index (κ3) is 1.82. The lowest BCUT2D eigenvalue weighted by atomic mass is 10.2. The number of hydrogen-bond donors (Lipinski definition) is 0. The first-order valence-corrected chi connectivity index (χ1v) is 6.21. The largest absolute Gasteiger partial charge is 0.325 e. The number of aromatic nitrogens is 2. The van der Waals surface area contributed by atoms with E-state index in [0.29, 0.717) is 11.9 Å². The second-order valence-electron chi connectivity index (χ2n) is 4.37. The molecule has 0 fully saturated rings. The fourth-order valence-corrected chi connectivity index (χ4v) is 2.31. The molecule has 0 atom stereocenters. The number of rotatable bonds is 3. The quantitative estimate of drug-likeness (QED) is 0.743. The summed E-state index contributed by atoms with van der Waals surface area (Å²) in [5, 5.41) is 0. The zero-order valence-electron chi connectivity index (χ0n) is 10.00. The number of halogens is 1. The first-order chi connectivity index (χ1) is 7.65. The van der Waals surface area contributed by atoms with E-state index < -0.39 is 0 Å². The van der Waals surface area contributed by atoms with E-state index in [4.69, 9.17) is 16.6 Å². The van der Waals surface area contributed by atoms with E-state index in [2.05, 4.69) is 43.5 Å². The smallest absolute Gasteiger partial charge is 0.111 e. The van der Waals surface area contributed by atoms with Crippen LogP contribution in [-0.2, 0) is 6.42 Å². The van der Waals surface area contributed by atoms with Crippen LogP contribution in [0.4, 0.5) is 0 Å². The Balaban J connectivity index is 2.70. The maximum Gasteiger partial charge on any atom is 0.111 e. The molecule has 2 aromatic rings. The summed E-state index contributed by atoms with van der Waals surface area (Å²) in [6.07, 6.45) is 0.827. The predicted molar refractivity (Wildman–Crippen MR) is 69.3 cm³/mol. The first kappa shape index (κ1) is 11.5. The van der Waals surface area contributed by atoms with Crippen LogP contribution >= 0.6 is 11.6 Å². The van der Waals surface area contributed by atoms with E-state index in [1.54, 1.807) is 0 Å². The van der Waals surface area contributed by atoms with Crippen molar-refractivity contribution in [3.8, 4) is 0 Å². The van der Waals surface area contributed by atoms with E-state index in [-0.39, 0.29) is 0 Å². The van der Waals surface area contributed by atoms with Crippen molar-refractivity contribution < 1.29 is 0 Å². The lowest BCUT2D eigenvalue weighted by Gasteiger charge is -2.12. The highest BCUT2D eigenvalue weighted by Gasteiger charge is 2.13. The zero-order valence-corrected chi connectivity index (χ0v) is 10.8. The summed E-state index contributed by atoms with van der Waals surface area (Å²) in [6.45, 7) is 6.47. The summed E-state index contributed by atoms with van der Waals surface area (Å²) in [7, 11) is 0. The van der Waals surface area contributed by atoms with Crippen LogP contribution in [0.2, 0.25) is 0 Å². The summed E-state index contributed by atoms with van der Waals surface area (Å²) >= 11 is 5.83. The van der Waals surface area contributed by atoms with Gasteiger partial charge in [-0.3, -0.25) is 0 Å². The number of para-hydroxylation sites is 1. The van der Waals surface area contributed by atoms with Gasteiger partial charge in [0.1, 0.15) is 5.82 Å². The Morgan fingerprint density at radius 3 is 2.75 bits per heavy atom. The Bertz CT molecular complexity index is 500. The van der Waals surface area contributed by atoms with Gasteiger partial charge >= 0.3 is 0 Å². The maximum absolute atomic E-state index is 5.83.